The number of halogens is 1. The Hall–Kier alpha value is -1.83. The van der Waals surface area contributed by atoms with Crippen molar-refractivity contribution in [3.63, 3.8) is 0 Å². The Balaban J connectivity index is 1.63. The van der Waals surface area contributed by atoms with Crippen molar-refractivity contribution in [3.05, 3.63) is 60.2 Å². The first-order valence-electron chi connectivity index (χ1n) is 7.43. The third-order valence-corrected chi connectivity index (χ3v) is 5.82. The molecule has 1 aliphatic rings. The Morgan fingerprint density at radius 1 is 1.04 bits per heavy atom. The Kier molecular flexibility index (Phi) is 4.70. The van der Waals surface area contributed by atoms with Crippen molar-refractivity contribution in [2.24, 2.45) is 0 Å². The lowest BCUT2D eigenvalue weighted by Crippen LogP contribution is -2.48. The van der Waals surface area contributed by atoms with Crippen LogP contribution in [0.5, 0.6) is 0 Å². The van der Waals surface area contributed by atoms with E-state index in [-0.39, 0.29) is 4.90 Å². The van der Waals surface area contributed by atoms with Gasteiger partial charge in [0.1, 0.15) is 5.82 Å². The van der Waals surface area contributed by atoms with E-state index < -0.39 is 15.8 Å². The van der Waals surface area contributed by atoms with Gasteiger partial charge >= 0.3 is 0 Å². The maximum absolute atomic E-state index is 13.0. The summed E-state index contributed by atoms with van der Waals surface area (Å²) >= 11 is 0. The van der Waals surface area contributed by atoms with Crippen molar-refractivity contribution in [3.8, 4) is 0 Å². The zero-order valence-corrected chi connectivity index (χ0v) is 13.4. The van der Waals surface area contributed by atoms with Gasteiger partial charge in [0.05, 0.1) is 4.90 Å². The van der Waals surface area contributed by atoms with Crippen LogP contribution in [0.15, 0.2) is 53.7 Å². The van der Waals surface area contributed by atoms with E-state index in [2.05, 4.69) is 9.88 Å². The second-order valence-corrected chi connectivity index (χ2v) is 7.43. The number of piperazine rings is 1. The molecular weight excluding hydrogens is 317 g/mol. The van der Waals surface area contributed by atoms with Gasteiger partial charge in [0.15, 0.2) is 0 Å². The van der Waals surface area contributed by atoms with Crippen molar-refractivity contribution in [2.45, 2.75) is 11.4 Å². The summed E-state index contributed by atoms with van der Waals surface area (Å²) in [6, 6.07) is 8.87. The predicted octanol–water partition coefficient (Wildman–Crippen LogP) is 1.73. The van der Waals surface area contributed by atoms with E-state index >= 15 is 0 Å². The smallest absolute Gasteiger partial charge is 0.243 e. The van der Waals surface area contributed by atoms with Crippen molar-refractivity contribution >= 4 is 10.0 Å². The molecule has 1 saturated heterocycles. The number of benzene rings is 1. The van der Waals surface area contributed by atoms with E-state index in [1.54, 1.807) is 6.20 Å². The van der Waals surface area contributed by atoms with Crippen molar-refractivity contribution in [1.82, 2.24) is 14.2 Å². The van der Waals surface area contributed by atoms with Gasteiger partial charge in [-0.2, -0.15) is 4.31 Å². The second-order valence-electron chi connectivity index (χ2n) is 5.50. The van der Waals surface area contributed by atoms with E-state index in [0.717, 1.165) is 12.1 Å². The highest BCUT2D eigenvalue weighted by Crippen LogP contribution is 2.18. The Bertz CT molecular complexity index is 743. The largest absolute Gasteiger partial charge is 0.296 e. The standard InChI is InChI=1S/C16H18FN3O2S/c17-15-3-5-16(6-4-15)23(21,22)20-10-8-19(9-11-20)13-14-2-1-7-18-12-14/h1-7,12H,8-11,13H2. The van der Waals surface area contributed by atoms with Crippen LogP contribution in [0.1, 0.15) is 5.56 Å². The molecule has 2 heterocycles. The second kappa shape index (κ2) is 6.74. The molecule has 0 spiro atoms. The molecule has 3 rings (SSSR count). The molecule has 2 aromatic rings. The Morgan fingerprint density at radius 2 is 1.74 bits per heavy atom. The SMILES string of the molecule is O=S(=O)(c1ccc(F)cc1)N1CCN(Cc2cccnc2)CC1. The third kappa shape index (κ3) is 3.74. The van der Waals surface area contributed by atoms with Gasteiger partial charge in [-0.1, -0.05) is 6.07 Å². The molecule has 1 aromatic heterocycles. The van der Waals surface area contributed by atoms with Crippen LogP contribution in [0, 0.1) is 5.82 Å². The highest BCUT2D eigenvalue weighted by atomic mass is 32.2. The van der Waals surface area contributed by atoms with E-state index in [4.69, 9.17) is 0 Å². The minimum absolute atomic E-state index is 0.139. The monoisotopic (exact) mass is 335 g/mol. The average molecular weight is 335 g/mol. The summed E-state index contributed by atoms with van der Waals surface area (Å²) in [5.41, 5.74) is 1.11. The zero-order valence-electron chi connectivity index (χ0n) is 12.6. The van der Waals surface area contributed by atoms with Gasteiger partial charge in [0.2, 0.25) is 10.0 Å². The normalized spacial score (nSPS) is 17.3. The Labute approximate surface area is 135 Å². The number of hydrogen-bond donors (Lipinski definition) is 0. The molecule has 7 heteroatoms. The van der Waals surface area contributed by atoms with Crippen molar-refractivity contribution in [2.75, 3.05) is 26.2 Å². The number of sulfonamides is 1. The summed E-state index contributed by atoms with van der Waals surface area (Å²) in [6.07, 6.45) is 3.55. The zero-order chi connectivity index (χ0) is 16.3. The molecule has 0 saturated carbocycles. The molecule has 0 aliphatic carbocycles. The van der Waals surface area contributed by atoms with Gasteiger partial charge in [-0.15, -0.1) is 0 Å². The molecule has 1 fully saturated rings. The molecule has 0 amide bonds. The van der Waals surface area contributed by atoms with Crippen molar-refractivity contribution < 1.29 is 12.8 Å². The minimum Gasteiger partial charge on any atom is -0.296 e. The van der Waals surface area contributed by atoms with Gasteiger partial charge in [-0.3, -0.25) is 9.88 Å². The maximum Gasteiger partial charge on any atom is 0.243 e. The fourth-order valence-corrected chi connectivity index (χ4v) is 4.06. The summed E-state index contributed by atoms with van der Waals surface area (Å²) in [5.74, 6) is -0.440. The lowest BCUT2D eigenvalue weighted by molar-refractivity contribution is 0.181. The molecular formula is C16H18FN3O2S. The van der Waals surface area contributed by atoms with E-state index in [1.807, 2.05) is 18.3 Å². The molecule has 0 atom stereocenters. The van der Waals surface area contributed by atoms with Gasteiger partial charge < -0.3 is 0 Å². The number of rotatable bonds is 4. The first kappa shape index (κ1) is 16.0. The van der Waals surface area contributed by atoms with E-state index in [9.17, 15) is 12.8 Å². The third-order valence-electron chi connectivity index (χ3n) is 3.91. The van der Waals surface area contributed by atoms with Crippen LogP contribution in [0.25, 0.3) is 0 Å². The Morgan fingerprint density at radius 3 is 2.35 bits per heavy atom. The van der Waals surface area contributed by atoms with Gasteiger partial charge in [-0.05, 0) is 35.9 Å². The molecule has 1 aliphatic heterocycles. The predicted molar refractivity (Wildman–Crippen MR) is 84.7 cm³/mol. The summed E-state index contributed by atoms with van der Waals surface area (Å²) in [7, 11) is -3.55. The summed E-state index contributed by atoms with van der Waals surface area (Å²) in [5, 5.41) is 0. The van der Waals surface area contributed by atoms with Crippen LogP contribution >= 0.6 is 0 Å². The van der Waals surface area contributed by atoms with Crippen LogP contribution < -0.4 is 0 Å². The average Bonchev–Trinajstić information content (AvgIpc) is 2.57. The lowest BCUT2D eigenvalue weighted by Gasteiger charge is -2.33. The summed E-state index contributed by atoms with van der Waals surface area (Å²) < 4.78 is 39.5. The van der Waals surface area contributed by atoms with Crippen LogP contribution in [0.3, 0.4) is 0 Å². The molecule has 122 valence electrons. The molecule has 0 bridgehead atoms. The fraction of sp³-hybridized carbons (Fsp3) is 0.312. The topological polar surface area (TPSA) is 53.5 Å². The number of hydrogen-bond acceptors (Lipinski definition) is 4. The first-order valence-corrected chi connectivity index (χ1v) is 8.87. The fourth-order valence-electron chi connectivity index (χ4n) is 2.63. The highest BCUT2D eigenvalue weighted by molar-refractivity contribution is 7.89. The first-order chi connectivity index (χ1) is 11.1. The molecule has 0 radical (unpaired) electrons. The number of nitrogens with zero attached hydrogens (tertiary/aromatic N) is 3. The minimum atomic E-state index is -3.55. The lowest BCUT2D eigenvalue weighted by atomic mass is 10.2. The molecule has 1 aromatic carbocycles. The molecule has 0 N–H and O–H groups in total. The van der Waals surface area contributed by atoms with Crippen LogP contribution in [0.2, 0.25) is 0 Å². The molecule has 23 heavy (non-hydrogen) atoms. The van der Waals surface area contributed by atoms with Crippen LogP contribution in [-0.2, 0) is 16.6 Å². The van der Waals surface area contributed by atoms with E-state index in [0.29, 0.717) is 26.2 Å². The van der Waals surface area contributed by atoms with Gasteiger partial charge in [0.25, 0.3) is 0 Å². The van der Waals surface area contributed by atoms with E-state index in [1.165, 1.54) is 28.6 Å². The maximum atomic E-state index is 13.0. The van der Waals surface area contributed by atoms with Gasteiger partial charge in [0, 0.05) is 45.1 Å². The molecule has 0 unspecified atom stereocenters. The summed E-state index contributed by atoms with van der Waals surface area (Å²) in [6.45, 7) is 2.95. The highest BCUT2D eigenvalue weighted by Gasteiger charge is 2.28. The summed E-state index contributed by atoms with van der Waals surface area (Å²) in [4.78, 5) is 6.43. The van der Waals surface area contributed by atoms with Crippen molar-refractivity contribution in [1.29, 1.82) is 0 Å². The van der Waals surface area contributed by atoms with Crippen LogP contribution in [0.4, 0.5) is 4.39 Å². The number of pyridine rings is 1. The quantitative estimate of drug-likeness (QED) is 0.854. The van der Waals surface area contributed by atoms with Crippen LogP contribution in [-0.4, -0.2) is 48.8 Å². The molecule has 5 nitrogen and oxygen atoms in total. The number of aromatic nitrogens is 1. The van der Waals surface area contributed by atoms with Gasteiger partial charge in [-0.25, -0.2) is 12.8 Å².